The van der Waals surface area contributed by atoms with Crippen LogP contribution < -0.4 is 16.0 Å². The third-order valence-electron chi connectivity index (χ3n) is 3.21. The molecule has 2 aromatic rings. The van der Waals surface area contributed by atoms with E-state index in [0.29, 0.717) is 6.42 Å². The molecule has 0 saturated carbocycles. The van der Waals surface area contributed by atoms with Crippen molar-refractivity contribution in [3.63, 3.8) is 0 Å². The van der Waals surface area contributed by atoms with Gasteiger partial charge < -0.3 is 4.74 Å². The Kier molecular flexibility index (Phi) is 5.58. The molecule has 0 aliphatic carbocycles. The lowest BCUT2D eigenvalue weighted by Crippen LogP contribution is -2.29. The van der Waals surface area contributed by atoms with E-state index in [1.807, 2.05) is 18.2 Å². The Morgan fingerprint density at radius 3 is 2.71 bits per heavy atom. The third kappa shape index (κ3) is 3.95. The van der Waals surface area contributed by atoms with E-state index in [9.17, 15) is 4.39 Å². The summed E-state index contributed by atoms with van der Waals surface area (Å²) in [6, 6.07) is 10.1. The van der Waals surface area contributed by atoms with Crippen LogP contribution in [0.4, 0.5) is 4.39 Å². The highest BCUT2D eigenvalue weighted by Crippen LogP contribution is 2.29. The fourth-order valence-corrected chi connectivity index (χ4v) is 2.73. The summed E-state index contributed by atoms with van der Waals surface area (Å²) in [5.74, 6) is 5.95. The molecule has 1 unspecified atom stereocenters. The summed E-state index contributed by atoms with van der Waals surface area (Å²) >= 11 is 9.26. The van der Waals surface area contributed by atoms with Gasteiger partial charge in [-0.1, -0.05) is 33.6 Å². The number of halogens is 3. The number of hydrazine groups is 1. The van der Waals surface area contributed by atoms with Gasteiger partial charge in [-0.3, -0.25) is 11.3 Å². The minimum atomic E-state index is -0.448. The monoisotopic (exact) mass is 372 g/mol. The fourth-order valence-electron chi connectivity index (χ4n) is 2.13. The molecule has 0 bridgehead atoms. The molecule has 2 rings (SSSR count). The smallest absolute Gasteiger partial charge is 0.141 e. The van der Waals surface area contributed by atoms with Crippen molar-refractivity contribution in [2.24, 2.45) is 5.84 Å². The summed E-state index contributed by atoms with van der Waals surface area (Å²) in [6.45, 7) is 0. The molecular weight excluding hydrogens is 359 g/mol. The third-order valence-corrected chi connectivity index (χ3v) is 4.00. The first kappa shape index (κ1) is 16.2. The van der Waals surface area contributed by atoms with Gasteiger partial charge in [0, 0.05) is 4.47 Å². The van der Waals surface area contributed by atoms with E-state index in [0.717, 1.165) is 21.3 Å². The fraction of sp³-hybridized carbons (Fsp3) is 0.200. The molecule has 0 amide bonds. The van der Waals surface area contributed by atoms with Crippen LogP contribution in [0.3, 0.4) is 0 Å². The van der Waals surface area contributed by atoms with Gasteiger partial charge in [0.15, 0.2) is 0 Å². The van der Waals surface area contributed by atoms with Crippen molar-refractivity contribution in [3.05, 3.63) is 62.8 Å². The lowest BCUT2D eigenvalue weighted by Gasteiger charge is -2.18. The topological polar surface area (TPSA) is 47.3 Å². The molecule has 3 N–H and O–H groups in total. The second-order valence-electron chi connectivity index (χ2n) is 4.55. The molecule has 21 heavy (non-hydrogen) atoms. The average Bonchev–Trinajstić information content (AvgIpc) is 2.48. The Labute approximate surface area is 136 Å². The summed E-state index contributed by atoms with van der Waals surface area (Å²) < 4.78 is 19.6. The van der Waals surface area contributed by atoms with Gasteiger partial charge in [0.1, 0.15) is 11.6 Å². The van der Waals surface area contributed by atoms with Crippen LogP contribution in [0.15, 0.2) is 40.9 Å². The number of hydrogen-bond donors (Lipinski definition) is 2. The molecule has 0 aromatic heterocycles. The molecule has 0 heterocycles. The van der Waals surface area contributed by atoms with Gasteiger partial charge in [-0.25, -0.2) is 4.39 Å². The molecule has 112 valence electrons. The number of benzene rings is 2. The molecular formula is C15H15BrClFN2O. The predicted molar refractivity (Wildman–Crippen MR) is 85.9 cm³/mol. The van der Waals surface area contributed by atoms with E-state index in [-0.39, 0.29) is 11.1 Å². The van der Waals surface area contributed by atoms with E-state index in [1.54, 1.807) is 19.2 Å². The molecule has 0 aliphatic heterocycles. The number of methoxy groups -OCH3 is 1. The summed E-state index contributed by atoms with van der Waals surface area (Å²) in [6.07, 6.45) is 0.584. The molecule has 6 heteroatoms. The predicted octanol–water partition coefficient (Wildman–Crippen LogP) is 4.00. The van der Waals surface area contributed by atoms with Crippen LogP contribution in [0.5, 0.6) is 5.75 Å². The summed E-state index contributed by atoms with van der Waals surface area (Å²) in [7, 11) is 1.62. The minimum Gasteiger partial charge on any atom is -0.496 e. The number of ether oxygens (including phenoxy) is 1. The van der Waals surface area contributed by atoms with Crippen molar-refractivity contribution < 1.29 is 9.13 Å². The van der Waals surface area contributed by atoms with E-state index in [1.165, 1.54) is 6.07 Å². The standard InChI is InChI=1S/C15H15BrClFN2O/c1-21-15-5-3-11(16)6-10(15)8-14(20-19)9-2-4-13(18)12(17)7-9/h2-7,14,20H,8,19H2,1H3. The van der Waals surface area contributed by atoms with Crippen LogP contribution in [0, 0.1) is 5.82 Å². The molecule has 1 atom stereocenters. The first-order valence-corrected chi connectivity index (χ1v) is 7.45. The number of hydrogen-bond acceptors (Lipinski definition) is 3. The second-order valence-corrected chi connectivity index (χ2v) is 5.88. The highest BCUT2D eigenvalue weighted by molar-refractivity contribution is 9.10. The van der Waals surface area contributed by atoms with E-state index < -0.39 is 5.82 Å². The first-order chi connectivity index (χ1) is 10.0. The first-order valence-electron chi connectivity index (χ1n) is 6.28. The van der Waals surface area contributed by atoms with Crippen LogP contribution in [-0.2, 0) is 6.42 Å². The Balaban J connectivity index is 2.30. The zero-order valence-corrected chi connectivity index (χ0v) is 13.7. The summed E-state index contributed by atoms with van der Waals surface area (Å²) in [5.41, 5.74) is 4.53. The van der Waals surface area contributed by atoms with Gasteiger partial charge in [0.2, 0.25) is 0 Å². The molecule has 2 aromatic carbocycles. The van der Waals surface area contributed by atoms with Crippen LogP contribution >= 0.6 is 27.5 Å². The Hall–Kier alpha value is -1.14. The van der Waals surface area contributed by atoms with Gasteiger partial charge in [0.25, 0.3) is 0 Å². The Morgan fingerprint density at radius 2 is 2.10 bits per heavy atom. The normalized spacial score (nSPS) is 12.2. The molecule has 0 aliphatic rings. The summed E-state index contributed by atoms with van der Waals surface area (Å²) in [4.78, 5) is 0. The van der Waals surface area contributed by atoms with Crippen molar-refractivity contribution in [2.75, 3.05) is 7.11 Å². The van der Waals surface area contributed by atoms with Gasteiger partial charge >= 0.3 is 0 Å². The maximum atomic E-state index is 13.3. The Bertz CT molecular complexity index is 639. The van der Waals surface area contributed by atoms with Crippen LogP contribution in [0.25, 0.3) is 0 Å². The summed E-state index contributed by atoms with van der Waals surface area (Å²) in [5, 5.41) is 0.0777. The maximum Gasteiger partial charge on any atom is 0.141 e. The molecule has 0 radical (unpaired) electrons. The van der Waals surface area contributed by atoms with Gasteiger partial charge in [-0.15, -0.1) is 0 Å². The maximum absolute atomic E-state index is 13.3. The zero-order chi connectivity index (χ0) is 15.4. The van der Waals surface area contributed by atoms with Crippen LogP contribution in [0.1, 0.15) is 17.2 Å². The molecule has 0 fully saturated rings. The van der Waals surface area contributed by atoms with Crippen molar-refractivity contribution in [1.29, 1.82) is 0 Å². The number of rotatable bonds is 5. The SMILES string of the molecule is COc1ccc(Br)cc1CC(NN)c1ccc(F)c(Cl)c1. The van der Waals surface area contributed by atoms with E-state index >= 15 is 0 Å². The van der Waals surface area contributed by atoms with Gasteiger partial charge in [-0.2, -0.15) is 0 Å². The van der Waals surface area contributed by atoms with E-state index in [2.05, 4.69) is 21.4 Å². The van der Waals surface area contributed by atoms with Gasteiger partial charge in [0.05, 0.1) is 18.2 Å². The number of nitrogens with two attached hydrogens (primary N) is 1. The van der Waals surface area contributed by atoms with Crippen molar-refractivity contribution in [3.8, 4) is 5.75 Å². The molecule has 0 spiro atoms. The van der Waals surface area contributed by atoms with Crippen molar-refractivity contribution in [1.82, 2.24) is 5.43 Å². The quantitative estimate of drug-likeness (QED) is 0.615. The van der Waals surface area contributed by atoms with Crippen molar-refractivity contribution in [2.45, 2.75) is 12.5 Å². The molecule has 0 saturated heterocycles. The Morgan fingerprint density at radius 1 is 1.33 bits per heavy atom. The lowest BCUT2D eigenvalue weighted by atomic mass is 9.98. The van der Waals surface area contributed by atoms with E-state index in [4.69, 9.17) is 22.2 Å². The lowest BCUT2D eigenvalue weighted by molar-refractivity contribution is 0.405. The minimum absolute atomic E-state index is 0.0777. The zero-order valence-electron chi connectivity index (χ0n) is 11.4. The van der Waals surface area contributed by atoms with Gasteiger partial charge in [-0.05, 0) is 47.9 Å². The average molecular weight is 374 g/mol. The van der Waals surface area contributed by atoms with Crippen LogP contribution in [0.2, 0.25) is 5.02 Å². The largest absolute Gasteiger partial charge is 0.496 e. The molecule has 3 nitrogen and oxygen atoms in total. The second kappa shape index (κ2) is 7.22. The highest BCUT2D eigenvalue weighted by atomic mass is 79.9. The highest BCUT2D eigenvalue weighted by Gasteiger charge is 2.15. The van der Waals surface area contributed by atoms with Crippen LogP contribution in [-0.4, -0.2) is 7.11 Å². The number of nitrogens with one attached hydrogen (secondary N) is 1. The van der Waals surface area contributed by atoms with Crippen molar-refractivity contribution >= 4 is 27.5 Å².